The first-order chi connectivity index (χ1) is 8.34. The average Bonchev–Trinajstić information content (AvgIpc) is 2.29. The number of rotatable bonds is 2. The molecule has 2 heteroatoms. The normalized spacial score (nSPS) is 22.5. The Balaban J connectivity index is 1.63. The fourth-order valence-corrected chi connectivity index (χ4v) is 2.94. The van der Waals surface area contributed by atoms with E-state index in [1.54, 1.807) is 0 Å². The van der Waals surface area contributed by atoms with E-state index in [2.05, 4.69) is 34.9 Å². The van der Waals surface area contributed by atoms with E-state index in [9.17, 15) is 0 Å². The van der Waals surface area contributed by atoms with Crippen LogP contribution in [0.25, 0.3) is 0 Å². The second kappa shape index (κ2) is 4.69. The van der Waals surface area contributed by atoms with E-state index in [-0.39, 0.29) is 0 Å². The van der Waals surface area contributed by atoms with Crippen molar-refractivity contribution < 1.29 is 0 Å². The van der Waals surface area contributed by atoms with E-state index in [4.69, 9.17) is 0 Å². The molecule has 1 radical (unpaired) electrons. The maximum atomic E-state index is 3.15. The summed E-state index contributed by atoms with van der Waals surface area (Å²) in [4.78, 5) is 5.21. The lowest BCUT2D eigenvalue weighted by Gasteiger charge is -2.43. The Hall–Kier alpha value is -1.02. The summed E-state index contributed by atoms with van der Waals surface area (Å²) < 4.78 is 0. The molecule has 0 aromatic heterocycles. The molecule has 0 atom stereocenters. The minimum absolute atomic E-state index is 0.905. The van der Waals surface area contributed by atoms with Crippen LogP contribution in [0, 0.1) is 13.0 Å². The number of hydrogen-bond donors (Lipinski definition) is 0. The Bertz CT molecular complexity index is 376. The zero-order chi connectivity index (χ0) is 11.7. The Morgan fingerprint density at radius 3 is 2.53 bits per heavy atom. The predicted molar refractivity (Wildman–Crippen MR) is 71.4 cm³/mol. The molecule has 0 spiro atoms. The first-order valence-corrected chi connectivity index (χ1v) is 6.80. The third-order valence-electron chi connectivity index (χ3n) is 4.29. The van der Waals surface area contributed by atoms with Gasteiger partial charge in [0.2, 0.25) is 0 Å². The lowest BCUT2D eigenvalue weighted by Crippen LogP contribution is -2.52. The summed E-state index contributed by atoms with van der Waals surface area (Å²) in [7, 11) is 0. The van der Waals surface area contributed by atoms with Crippen LogP contribution in [0.15, 0.2) is 18.2 Å². The molecular formula is C15H21N2. The van der Waals surface area contributed by atoms with E-state index >= 15 is 0 Å². The third-order valence-corrected chi connectivity index (χ3v) is 4.29. The number of piperazine rings is 1. The summed E-state index contributed by atoms with van der Waals surface area (Å²) >= 11 is 0. The molecule has 2 aliphatic rings. The molecule has 0 bridgehead atoms. The van der Waals surface area contributed by atoms with Crippen LogP contribution in [0.4, 0.5) is 5.69 Å². The monoisotopic (exact) mass is 229 g/mol. The fraction of sp³-hybridized carbons (Fsp3) is 0.600. The number of nitrogens with zero attached hydrogens (tertiary/aromatic N) is 2. The van der Waals surface area contributed by atoms with Gasteiger partial charge in [-0.3, -0.25) is 4.90 Å². The Morgan fingerprint density at radius 2 is 1.94 bits per heavy atom. The summed E-state index contributed by atoms with van der Waals surface area (Å²) in [5.74, 6) is 0. The minimum atomic E-state index is 0.905. The van der Waals surface area contributed by atoms with E-state index in [1.807, 2.05) is 6.07 Å². The predicted octanol–water partition coefficient (Wildman–Crippen LogP) is 2.47. The van der Waals surface area contributed by atoms with Gasteiger partial charge in [-0.1, -0.05) is 12.5 Å². The van der Waals surface area contributed by atoms with Crippen molar-refractivity contribution in [1.29, 1.82) is 0 Å². The molecule has 1 aromatic rings. The largest absolute Gasteiger partial charge is 0.369 e. The Morgan fingerprint density at radius 1 is 1.18 bits per heavy atom. The molecule has 0 N–H and O–H groups in total. The second-order valence-electron chi connectivity index (χ2n) is 5.32. The van der Waals surface area contributed by atoms with Gasteiger partial charge in [-0.25, -0.2) is 0 Å². The summed E-state index contributed by atoms with van der Waals surface area (Å²) in [6.07, 6.45) is 4.30. The maximum Gasteiger partial charge on any atom is 0.0397 e. The molecule has 3 rings (SSSR count). The third kappa shape index (κ3) is 2.19. The molecule has 0 amide bonds. The first kappa shape index (κ1) is 11.1. The minimum Gasteiger partial charge on any atom is -0.369 e. The van der Waals surface area contributed by atoms with E-state index in [1.165, 1.54) is 56.7 Å². The van der Waals surface area contributed by atoms with Crippen LogP contribution in [-0.2, 0) is 0 Å². The zero-order valence-electron chi connectivity index (χ0n) is 10.7. The van der Waals surface area contributed by atoms with Gasteiger partial charge in [0, 0.05) is 37.9 Å². The quantitative estimate of drug-likeness (QED) is 0.768. The summed E-state index contributed by atoms with van der Waals surface area (Å²) in [5.41, 5.74) is 2.75. The maximum absolute atomic E-state index is 3.15. The molecule has 1 saturated heterocycles. The SMILES string of the molecule is Cc1c[c]ccc1N1CCN(C2CCC2)CC1. The van der Waals surface area contributed by atoms with Crippen molar-refractivity contribution in [2.75, 3.05) is 31.1 Å². The van der Waals surface area contributed by atoms with Gasteiger partial charge in [-0.2, -0.15) is 0 Å². The zero-order valence-corrected chi connectivity index (χ0v) is 10.7. The van der Waals surface area contributed by atoms with Crippen LogP contribution >= 0.6 is 0 Å². The standard InChI is InChI=1S/C15H21N2/c1-13-5-2-3-8-15(13)17-11-9-16(10-12-17)14-6-4-7-14/h3,5,8,14H,4,6-7,9-12H2,1H3. The topological polar surface area (TPSA) is 6.48 Å². The Kier molecular flexibility index (Phi) is 3.06. The van der Waals surface area contributed by atoms with Crippen LogP contribution in [0.2, 0.25) is 0 Å². The molecule has 91 valence electrons. The number of anilines is 1. The van der Waals surface area contributed by atoms with Gasteiger partial charge in [0.05, 0.1) is 0 Å². The van der Waals surface area contributed by atoms with Crippen LogP contribution in [0.3, 0.4) is 0 Å². The summed E-state index contributed by atoms with van der Waals surface area (Å²) in [6.45, 7) is 7.03. The summed E-state index contributed by atoms with van der Waals surface area (Å²) in [5, 5.41) is 0. The lowest BCUT2D eigenvalue weighted by molar-refractivity contribution is 0.120. The van der Waals surface area contributed by atoms with Crippen molar-refractivity contribution in [2.45, 2.75) is 32.2 Å². The van der Waals surface area contributed by atoms with Crippen LogP contribution < -0.4 is 4.90 Å². The van der Waals surface area contributed by atoms with Gasteiger partial charge in [-0.05, 0) is 43.5 Å². The van der Waals surface area contributed by atoms with Crippen molar-refractivity contribution >= 4 is 5.69 Å². The molecule has 0 unspecified atom stereocenters. The van der Waals surface area contributed by atoms with Crippen molar-refractivity contribution in [3.8, 4) is 0 Å². The number of hydrogen-bond acceptors (Lipinski definition) is 2. The van der Waals surface area contributed by atoms with E-state index in [0.717, 1.165) is 6.04 Å². The van der Waals surface area contributed by atoms with Gasteiger partial charge in [-0.15, -0.1) is 0 Å². The summed E-state index contributed by atoms with van der Waals surface area (Å²) in [6, 6.07) is 10.4. The van der Waals surface area contributed by atoms with Crippen LogP contribution in [-0.4, -0.2) is 37.1 Å². The van der Waals surface area contributed by atoms with Crippen LogP contribution in [0.1, 0.15) is 24.8 Å². The highest BCUT2D eigenvalue weighted by atomic mass is 15.3. The molecular weight excluding hydrogens is 208 g/mol. The molecule has 1 aromatic carbocycles. The van der Waals surface area contributed by atoms with Gasteiger partial charge in [0.25, 0.3) is 0 Å². The highest BCUT2D eigenvalue weighted by Crippen LogP contribution is 2.27. The molecule has 1 saturated carbocycles. The highest BCUT2D eigenvalue weighted by Gasteiger charge is 2.28. The molecule has 2 nitrogen and oxygen atoms in total. The lowest BCUT2D eigenvalue weighted by atomic mass is 9.91. The Labute approximate surface area is 104 Å². The van der Waals surface area contributed by atoms with E-state index < -0.39 is 0 Å². The number of aryl methyl sites for hydroxylation is 1. The van der Waals surface area contributed by atoms with Gasteiger partial charge < -0.3 is 4.90 Å². The van der Waals surface area contributed by atoms with Gasteiger partial charge in [0.15, 0.2) is 0 Å². The highest BCUT2D eigenvalue weighted by molar-refractivity contribution is 5.53. The molecule has 1 aliphatic heterocycles. The van der Waals surface area contributed by atoms with Crippen LogP contribution in [0.5, 0.6) is 0 Å². The van der Waals surface area contributed by atoms with Gasteiger partial charge >= 0.3 is 0 Å². The first-order valence-electron chi connectivity index (χ1n) is 6.80. The van der Waals surface area contributed by atoms with Crippen molar-refractivity contribution in [2.24, 2.45) is 0 Å². The van der Waals surface area contributed by atoms with E-state index in [0.29, 0.717) is 0 Å². The molecule has 2 fully saturated rings. The van der Waals surface area contributed by atoms with Crippen molar-refractivity contribution in [3.63, 3.8) is 0 Å². The molecule has 1 aliphatic carbocycles. The smallest absolute Gasteiger partial charge is 0.0397 e. The fourth-order valence-electron chi connectivity index (χ4n) is 2.94. The molecule has 1 heterocycles. The average molecular weight is 229 g/mol. The molecule has 17 heavy (non-hydrogen) atoms. The number of benzene rings is 1. The van der Waals surface area contributed by atoms with Gasteiger partial charge in [0.1, 0.15) is 0 Å². The second-order valence-corrected chi connectivity index (χ2v) is 5.32. The van der Waals surface area contributed by atoms with Crippen molar-refractivity contribution in [1.82, 2.24) is 4.90 Å². The van der Waals surface area contributed by atoms with Crippen molar-refractivity contribution in [3.05, 3.63) is 29.8 Å².